The Morgan fingerprint density at radius 3 is 2.22 bits per heavy atom. The minimum atomic E-state index is -4.01. The molecule has 0 heterocycles. The van der Waals surface area contributed by atoms with Crippen LogP contribution < -0.4 is 15.4 Å². The number of carboxylic acid groups (broad SMARTS) is 1. The van der Waals surface area contributed by atoms with Crippen molar-refractivity contribution in [2.45, 2.75) is 17.4 Å². The van der Waals surface area contributed by atoms with Gasteiger partial charge < -0.3 is 15.7 Å². The van der Waals surface area contributed by atoms with Gasteiger partial charge in [-0.2, -0.15) is 0 Å². The summed E-state index contributed by atoms with van der Waals surface area (Å²) in [7, 11) is -2.50. The van der Waals surface area contributed by atoms with Gasteiger partial charge in [-0.1, -0.05) is 54.6 Å². The van der Waals surface area contributed by atoms with E-state index >= 15 is 0 Å². The third-order valence-corrected chi connectivity index (χ3v) is 6.17. The van der Waals surface area contributed by atoms with Crippen LogP contribution in [0.15, 0.2) is 83.8 Å². The van der Waals surface area contributed by atoms with E-state index in [4.69, 9.17) is 0 Å². The maximum atomic E-state index is 13.1. The second-order valence-corrected chi connectivity index (χ2v) is 8.71. The molecule has 0 aliphatic heterocycles. The van der Waals surface area contributed by atoms with Crippen LogP contribution in [-0.4, -0.2) is 32.6 Å². The number of hydrogen-bond acceptors (Lipinski definition) is 4. The molecule has 0 radical (unpaired) electrons. The van der Waals surface area contributed by atoms with Crippen molar-refractivity contribution < 1.29 is 23.1 Å². The van der Waals surface area contributed by atoms with E-state index in [0.717, 1.165) is 0 Å². The first-order chi connectivity index (χ1) is 15.3. The summed E-state index contributed by atoms with van der Waals surface area (Å²) in [5.74, 6) is -1.12. The molecular formula is C23H23N3O5S. The quantitative estimate of drug-likeness (QED) is 0.415. The van der Waals surface area contributed by atoms with Crippen molar-refractivity contribution in [2.24, 2.45) is 0 Å². The van der Waals surface area contributed by atoms with Crippen LogP contribution in [0.4, 0.5) is 10.5 Å². The lowest BCUT2D eigenvalue weighted by Gasteiger charge is -2.18. The molecule has 0 unspecified atom stereocenters. The lowest BCUT2D eigenvalue weighted by atomic mass is 10.1. The fourth-order valence-corrected chi connectivity index (χ4v) is 4.43. The molecule has 0 saturated heterocycles. The maximum absolute atomic E-state index is 13.1. The van der Waals surface area contributed by atoms with Crippen LogP contribution >= 0.6 is 0 Å². The lowest BCUT2D eigenvalue weighted by molar-refractivity contribution is -0.137. The summed E-state index contributed by atoms with van der Waals surface area (Å²) in [6.07, 6.45) is -0.393. The zero-order valence-electron chi connectivity index (χ0n) is 17.3. The van der Waals surface area contributed by atoms with E-state index in [1.54, 1.807) is 66.7 Å². The van der Waals surface area contributed by atoms with Crippen LogP contribution in [0.3, 0.4) is 0 Å². The van der Waals surface area contributed by atoms with Gasteiger partial charge in [0.15, 0.2) is 0 Å². The Morgan fingerprint density at radius 1 is 0.906 bits per heavy atom. The Balaban J connectivity index is 1.90. The summed E-state index contributed by atoms with van der Waals surface area (Å²) in [5, 5.41) is 14.4. The van der Waals surface area contributed by atoms with E-state index in [2.05, 4.69) is 15.4 Å². The normalized spacial score (nSPS) is 12.0. The second-order valence-electron chi connectivity index (χ2n) is 7.00. The van der Waals surface area contributed by atoms with Gasteiger partial charge in [0.2, 0.25) is 10.0 Å². The largest absolute Gasteiger partial charge is 0.481 e. The molecule has 3 aromatic rings. The van der Waals surface area contributed by atoms with E-state index in [0.29, 0.717) is 22.4 Å². The van der Waals surface area contributed by atoms with E-state index in [1.165, 1.54) is 19.2 Å². The molecule has 3 rings (SSSR count). The van der Waals surface area contributed by atoms with Gasteiger partial charge in [-0.25, -0.2) is 17.9 Å². The molecule has 32 heavy (non-hydrogen) atoms. The van der Waals surface area contributed by atoms with Crippen LogP contribution in [-0.2, 0) is 14.8 Å². The number of aliphatic carboxylic acids is 1. The molecule has 0 aromatic heterocycles. The molecule has 166 valence electrons. The molecule has 3 aromatic carbocycles. The van der Waals surface area contributed by atoms with Gasteiger partial charge in [0.1, 0.15) is 0 Å². The molecule has 8 nitrogen and oxygen atoms in total. The molecular weight excluding hydrogens is 430 g/mol. The molecule has 2 amide bonds. The summed E-state index contributed by atoms with van der Waals surface area (Å²) in [5.41, 5.74) is 2.45. The molecule has 9 heteroatoms. The highest BCUT2D eigenvalue weighted by Crippen LogP contribution is 2.26. The van der Waals surface area contributed by atoms with Crippen LogP contribution in [0, 0.1) is 0 Å². The highest BCUT2D eigenvalue weighted by Gasteiger charge is 2.24. The Morgan fingerprint density at radius 2 is 1.56 bits per heavy atom. The Bertz CT molecular complexity index is 1210. The number of rotatable bonds is 8. The average molecular weight is 454 g/mol. The van der Waals surface area contributed by atoms with Crippen LogP contribution in [0.5, 0.6) is 0 Å². The molecule has 0 spiro atoms. The maximum Gasteiger partial charge on any atom is 0.318 e. The van der Waals surface area contributed by atoms with Crippen molar-refractivity contribution >= 4 is 27.7 Å². The fraction of sp³-hybridized carbons (Fsp3) is 0.130. The van der Waals surface area contributed by atoms with Gasteiger partial charge >= 0.3 is 12.0 Å². The first-order valence-corrected chi connectivity index (χ1v) is 11.2. The van der Waals surface area contributed by atoms with Crippen molar-refractivity contribution in [3.8, 4) is 11.1 Å². The Hall–Kier alpha value is -3.69. The van der Waals surface area contributed by atoms with Gasteiger partial charge in [-0.3, -0.25) is 4.79 Å². The van der Waals surface area contributed by atoms with Gasteiger partial charge in [-0.15, -0.1) is 0 Å². The average Bonchev–Trinajstić information content (AvgIpc) is 2.79. The van der Waals surface area contributed by atoms with E-state index in [-0.39, 0.29) is 10.9 Å². The summed E-state index contributed by atoms with van der Waals surface area (Å²) in [4.78, 5) is 22.9. The van der Waals surface area contributed by atoms with Gasteiger partial charge in [0.05, 0.1) is 17.4 Å². The zero-order valence-corrected chi connectivity index (χ0v) is 18.1. The van der Waals surface area contributed by atoms with Crippen molar-refractivity contribution in [1.82, 2.24) is 10.0 Å². The zero-order chi connectivity index (χ0) is 23.1. The number of carbonyl (C=O) groups is 2. The summed E-state index contributed by atoms with van der Waals surface area (Å²) >= 11 is 0. The first-order valence-electron chi connectivity index (χ1n) is 9.77. The van der Waals surface area contributed by atoms with Crippen molar-refractivity contribution in [2.75, 3.05) is 12.4 Å². The summed E-state index contributed by atoms with van der Waals surface area (Å²) < 4.78 is 28.6. The smallest absolute Gasteiger partial charge is 0.318 e. The van der Waals surface area contributed by atoms with Gasteiger partial charge in [-0.05, 0) is 41.0 Å². The van der Waals surface area contributed by atoms with Crippen molar-refractivity contribution in [3.63, 3.8) is 0 Å². The number of carboxylic acids is 1. The topological polar surface area (TPSA) is 125 Å². The third kappa shape index (κ3) is 5.93. The lowest BCUT2D eigenvalue weighted by Crippen LogP contribution is -2.30. The molecule has 0 bridgehead atoms. The van der Waals surface area contributed by atoms with Crippen LogP contribution in [0.2, 0.25) is 0 Å². The van der Waals surface area contributed by atoms with E-state index < -0.39 is 28.5 Å². The van der Waals surface area contributed by atoms with Crippen LogP contribution in [0.25, 0.3) is 11.1 Å². The number of carbonyl (C=O) groups excluding carboxylic acids is 1. The SMILES string of the molecule is CNC(=O)Nc1cccc(-c2cccc(S(=O)(=O)N[C@H](CC(=O)O)c3ccccc3)c2)c1. The van der Waals surface area contributed by atoms with Crippen molar-refractivity contribution in [1.29, 1.82) is 0 Å². The highest BCUT2D eigenvalue weighted by molar-refractivity contribution is 7.89. The van der Waals surface area contributed by atoms with E-state index in [1.807, 2.05) is 0 Å². The first kappa shape index (κ1) is 23.0. The predicted molar refractivity (Wildman–Crippen MR) is 122 cm³/mol. The molecule has 4 N–H and O–H groups in total. The monoisotopic (exact) mass is 453 g/mol. The minimum absolute atomic E-state index is 0.00554. The number of sulfonamides is 1. The number of hydrogen-bond donors (Lipinski definition) is 4. The third-order valence-electron chi connectivity index (χ3n) is 4.70. The Labute approximate surface area is 186 Å². The van der Waals surface area contributed by atoms with E-state index in [9.17, 15) is 23.1 Å². The number of benzene rings is 3. The summed E-state index contributed by atoms with van der Waals surface area (Å²) in [6.45, 7) is 0. The summed E-state index contributed by atoms with van der Waals surface area (Å²) in [6, 6.07) is 20.6. The molecule has 0 aliphatic carbocycles. The second kappa shape index (κ2) is 10.1. The highest BCUT2D eigenvalue weighted by atomic mass is 32.2. The minimum Gasteiger partial charge on any atom is -0.481 e. The number of urea groups is 1. The number of nitrogens with one attached hydrogen (secondary N) is 3. The van der Waals surface area contributed by atoms with Gasteiger partial charge in [0.25, 0.3) is 0 Å². The standard InChI is InChI=1S/C23H23N3O5S/c1-24-23(29)25-19-11-5-9-17(13-19)18-10-6-12-20(14-18)32(30,31)26-21(15-22(27)28)16-7-3-2-4-8-16/h2-14,21,26H,15H2,1H3,(H,27,28)(H2,24,25,29)/t21-/m1/s1. The van der Waals surface area contributed by atoms with Crippen LogP contribution in [0.1, 0.15) is 18.0 Å². The molecule has 0 saturated carbocycles. The van der Waals surface area contributed by atoms with Gasteiger partial charge in [0, 0.05) is 12.7 Å². The molecule has 1 atom stereocenters. The Kier molecular flexibility index (Phi) is 7.24. The number of amides is 2. The predicted octanol–water partition coefficient (Wildman–Crippen LogP) is 3.60. The van der Waals surface area contributed by atoms with Crippen molar-refractivity contribution in [3.05, 3.63) is 84.4 Å². The number of anilines is 1. The molecule has 0 fully saturated rings. The molecule has 0 aliphatic rings. The fourth-order valence-electron chi connectivity index (χ4n) is 3.16.